The topological polar surface area (TPSA) is 26.3 Å². The minimum Gasteiger partial charge on any atom is -0.421 e. The first kappa shape index (κ1) is 12.9. The van der Waals surface area contributed by atoms with Crippen LogP contribution in [-0.2, 0) is 0 Å². The van der Waals surface area contributed by atoms with Crippen molar-refractivity contribution in [3.8, 4) is 5.75 Å². The van der Waals surface area contributed by atoms with Crippen LogP contribution in [0.25, 0.3) is 0 Å². The number of hydrogen-bond donors (Lipinski definition) is 0. The molecule has 0 bridgehead atoms. The molecule has 0 spiro atoms. The maximum Gasteiger partial charge on any atom is 0.343 e. The zero-order valence-corrected chi connectivity index (χ0v) is 10.5. The van der Waals surface area contributed by atoms with Gasteiger partial charge in [0, 0.05) is 11.1 Å². The van der Waals surface area contributed by atoms with Crippen molar-refractivity contribution in [2.24, 2.45) is 0 Å². The quantitative estimate of drug-likeness (QED) is 0.605. The van der Waals surface area contributed by atoms with Crippen molar-refractivity contribution in [2.75, 3.05) is 0 Å². The highest BCUT2D eigenvalue weighted by molar-refractivity contribution is 6.34. The van der Waals surface area contributed by atoms with E-state index in [2.05, 4.69) is 0 Å². The molecule has 2 rings (SSSR count). The Morgan fingerprint density at radius 2 is 1.89 bits per heavy atom. The molecule has 18 heavy (non-hydrogen) atoms. The maximum absolute atomic E-state index is 13.0. The second kappa shape index (κ2) is 5.38. The average Bonchev–Trinajstić information content (AvgIpc) is 2.34. The van der Waals surface area contributed by atoms with Crippen molar-refractivity contribution in [3.05, 3.63) is 63.9 Å². The molecular formula is C13H7Cl2FO2. The van der Waals surface area contributed by atoms with Gasteiger partial charge < -0.3 is 4.74 Å². The van der Waals surface area contributed by atoms with Crippen LogP contribution in [0.3, 0.4) is 0 Å². The third-order valence-corrected chi connectivity index (χ3v) is 2.70. The van der Waals surface area contributed by atoms with Crippen molar-refractivity contribution in [1.82, 2.24) is 0 Å². The molecule has 0 amide bonds. The Bertz CT molecular complexity index is 599. The van der Waals surface area contributed by atoms with Crippen LogP contribution in [0.5, 0.6) is 5.75 Å². The van der Waals surface area contributed by atoms with E-state index in [1.807, 2.05) is 0 Å². The van der Waals surface area contributed by atoms with E-state index in [1.165, 1.54) is 30.3 Å². The van der Waals surface area contributed by atoms with Gasteiger partial charge in [-0.3, -0.25) is 0 Å². The molecule has 0 saturated carbocycles. The summed E-state index contributed by atoms with van der Waals surface area (Å²) in [6.45, 7) is 0. The molecule has 0 saturated heterocycles. The lowest BCUT2D eigenvalue weighted by Gasteiger charge is -2.06. The van der Waals surface area contributed by atoms with E-state index in [0.29, 0.717) is 5.02 Å². The summed E-state index contributed by atoms with van der Waals surface area (Å²) < 4.78 is 18.0. The lowest BCUT2D eigenvalue weighted by atomic mass is 10.2. The van der Waals surface area contributed by atoms with Gasteiger partial charge in [-0.2, -0.15) is 0 Å². The Labute approximate surface area is 113 Å². The summed E-state index contributed by atoms with van der Waals surface area (Å²) in [6, 6.07) is 9.70. The van der Waals surface area contributed by atoms with E-state index in [4.69, 9.17) is 27.9 Å². The smallest absolute Gasteiger partial charge is 0.343 e. The summed E-state index contributed by atoms with van der Waals surface area (Å²) in [4.78, 5) is 11.7. The molecule has 0 radical (unpaired) electrons. The van der Waals surface area contributed by atoms with Gasteiger partial charge in [-0.15, -0.1) is 0 Å². The molecule has 0 aliphatic heterocycles. The van der Waals surface area contributed by atoms with Crippen molar-refractivity contribution < 1.29 is 13.9 Å². The van der Waals surface area contributed by atoms with Gasteiger partial charge in [0.1, 0.15) is 5.82 Å². The van der Waals surface area contributed by atoms with E-state index in [9.17, 15) is 9.18 Å². The summed E-state index contributed by atoms with van der Waals surface area (Å²) >= 11 is 11.6. The van der Waals surface area contributed by atoms with Crippen LogP contribution in [-0.4, -0.2) is 5.97 Å². The molecule has 92 valence electrons. The molecule has 0 heterocycles. The minimum atomic E-state index is -0.696. The average molecular weight is 285 g/mol. The fourth-order valence-electron chi connectivity index (χ4n) is 1.33. The highest BCUT2D eigenvalue weighted by Gasteiger charge is 2.12. The zero-order valence-electron chi connectivity index (χ0n) is 8.99. The second-order valence-electron chi connectivity index (χ2n) is 3.47. The Morgan fingerprint density at radius 1 is 1.11 bits per heavy atom. The third-order valence-electron chi connectivity index (χ3n) is 2.16. The van der Waals surface area contributed by atoms with E-state index < -0.39 is 11.8 Å². The Morgan fingerprint density at radius 3 is 2.61 bits per heavy atom. The summed E-state index contributed by atoms with van der Waals surface area (Å²) in [5.41, 5.74) is 0.103. The largest absolute Gasteiger partial charge is 0.421 e. The van der Waals surface area contributed by atoms with Gasteiger partial charge in [-0.05, 0) is 30.3 Å². The number of carbonyl (C=O) groups excluding carboxylic acids is 1. The Kier molecular flexibility index (Phi) is 3.84. The SMILES string of the molecule is O=C(Oc1cc(Cl)ccc1Cl)c1cccc(F)c1. The zero-order chi connectivity index (χ0) is 13.1. The number of ether oxygens (including phenoxy) is 1. The fourth-order valence-corrected chi connectivity index (χ4v) is 1.65. The summed E-state index contributed by atoms with van der Waals surface area (Å²) in [7, 11) is 0. The van der Waals surface area contributed by atoms with Crippen LogP contribution in [0.15, 0.2) is 42.5 Å². The molecule has 2 aromatic carbocycles. The molecule has 0 unspecified atom stereocenters. The van der Waals surface area contributed by atoms with Crippen molar-refractivity contribution in [1.29, 1.82) is 0 Å². The summed E-state index contributed by atoms with van der Waals surface area (Å²) in [6.07, 6.45) is 0. The van der Waals surface area contributed by atoms with Gasteiger partial charge >= 0.3 is 5.97 Å². The van der Waals surface area contributed by atoms with E-state index in [1.54, 1.807) is 6.07 Å². The molecule has 2 nitrogen and oxygen atoms in total. The molecule has 0 aliphatic rings. The molecule has 2 aromatic rings. The van der Waals surface area contributed by atoms with Crippen LogP contribution in [0.2, 0.25) is 10.0 Å². The van der Waals surface area contributed by atoms with Gasteiger partial charge in [0.25, 0.3) is 0 Å². The van der Waals surface area contributed by atoms with Crippen LogP contribution in [0.1, 0.15) is 10.4 Å². The molecule has 0 fully saturated rings. The van der Waals surface area contributed by atoms with Crippen LogP contribution in [0.4, 0.5) is 4.39 Å². The molecular weight excluding hydrogens is 278 g/mol. The number of esters is 1. The molecule has 0 aliphatic carbocycles. The van der Waals surface area contributed by atoms with Crippen LogP contribution >= 0.6 is 23.2 Å². The minimum absolute atomic E-state index is 0.103. The molecule has 0 atom stereocenters. The van der Waals surface area contributed by atoms with Crippen molar-refractivity contribution in [2.45, 2.75) is 0 Å². The predicted octanol–water partition coefficient (Wildman–Crippen LogP) is 4.35. The number of rotatable bonds is 2. The van der Waals surface area contributed by atoms with Crippen LogP contribution < -0.4 is 4.74 Å². The van der Waals surface area contributed by atoms with E-state index in [-0.39, 0.29) is 16.3 Å². The van der Waals surface area contributed by atoms with Gasteiger partial charge in [-0.25, -0.2) is 9.18 Å². The lowest BCUT2D eigenvalue weighted by Crippen LogP contribution is -2.08. The first-order valence-corrected chi connectivity index (χ1v) is 5.74. The van der Waals surface area contributed by atoms with Crippen LogP contribution in [0, 0.1) is 5.82 Å². The maximum atomic E-state index is 13.0. The lowest BCUT2D eigenvalue weighted by molar-refractivity contribution is 0.0734. The first-order valence-electron chi connectivity index (χ1n) is 4.99. The Hall–Kier alpha value is -1.58. The first-order chi connectivity index (χ1) is 8.56. The monoisotopic (exact) mass is 284 g/mol. The standard InChI is InChI=1S/C13H7Cl2FO2/c14-9-4-5-11(15)12(7-9)18-13(17)8-2-1-3-10(16)6-8/h1-7H. The van der Waals surface area contributed by atoms with Gasteiger partial charge in [0.2, 0.25) is 0 Å². The van der Waals surface area contributed by atoms with Gasteiger partial charge in [-0.1, -0.05) is 29.3 Å². The normalized spacial score (nSPS) is 10.2. The third kappa shape index (κ3) is 3.00. The van der Waals surface area contributed by atoms with Crippen molar-refractivity contribution >= 4 is 29.2 Å². The van der Waals surface area contributed by atoms with Gasteiger partial charge in [0.15, 0.2) is 5.75 Å². The number of halogens is 3. The number of carbonyl (C=O) groups is 1. The molecule has 0 aromatic heterocycles. The van der Waals surface area contributed by atoms with E-state index in [0.717, 1.165) is 6.07 Å². The van der Waals surface area contributed by atoms with Crippen molar-refractivity contribution in [3.63, 3.8) is 0 Å². The van der Waals surface area contributed by atoms with Gasteiger partial charge in [0.05, 0.1) is 10.6 Å². The number of hydrogen-bond acceptors (Lipinski definition) is 2. The molecule has 5 heteroatoms. The number of benzene rings is 2. The summed E-state index contributed by atoms with van der Waals surface area (Å²) in [5, 5.41) is 0.644. The highest BCUT2D eigenvalue weighted by atomic mass is 35.5. The second-order valence-corrected chi connectivity index (χ2v) is 4.32. The van der Waals surface area contributed by atoms with E-state index >= 15 is 0 Å². The Balaban J connectivity index is 2.24. The summed E-state index contributed by atoms with van der Waals surface area (Å²) in [5.74, 6) is -1.07. The molecule has 0 N–H and O–H groups in total. The fraction of sp³-hybridized carbons (Fsp3) is 0. The predicted molar refractivity (Wildman–Crippen MR) is 67.8 cm³/mol. The highest BCUT2D eigenvalue weighted by Crippen LogP contribution is 2.28.